The van der Waals surface area contributed by atoms with Crippen LogP contribution in [-0.4, -0.2) is 40.0 Å². The van der Waals surface area contributed by atoms with Crippen molar-refractivity contribution in [2.45, 2.75) is 130 Å². The third kappa shape index (κ3) is 43.5. The standard InChI is InChI=1S/C19H36N2.C5H10.H2O4S.H2O3S/c1-2-3-4-5-6-7-8-9-10-11-12-13-14-15-17-21-18-16-20-19-21;1-2-5-3-4-5;1-5(2,3)4;1-4(2)3/h16,18-19H,2-15,17H2,1H3;5H,2-4H2,1H3;(H2,1,2,3,4);4H,(H,1,2,3). The highest BCUT2D eigenvalue weighted by molar-refractivity contribution is 7.79. The monoisotopic (exact) mass is 542 g/mol. The number of unbranched alkanes of at least 4 members (excludes halogenated alkanes) is 13. The predicted octanol–water partition coefficient (Wildman–Crippen LogP) is 6.59. The number of hydrogen-bond donors (Lipinski definition) is 4. The topological polar surface area (TPSA) is 147 Å². The number of hydrogen-bond acceptors (Lipinski definition) is 5. The summed E-state index contributed by atoms with van der Waals surface area (Å²) in [6.07, 6.45) is 30.3. The predicted molar refractivity (Wildman–Crippen MR) is 143 cm³/mol. The van der Waals surface area contributed by atoms with E-state index in [-0.39, 0.29) is 0 Å². The first-order chi connectivity index (χ1) is 16.6. The highest BCUT2D eigenvalue weighted by Crippen LogP contribution is 2.31. The molecule has 1 heterocycles. The Hall–Kier alpha value is -1.01. The number of nitrogens with zero attached hydrogens (tertiary/aromatic N) is 2. The number of thiol groups is 1. The van der Waals surface area contributed by atoms with Gasteiger partial charge < -0.3 is 4.57 Å². The Labute approximate surface area is 215 Å². The van der Waals surface area contributed by atoms with Crippen molar-refractivity contribution >= 4 is 21.4 Å². The first kappa shape index (κ1) is 36.1. The molecule has 0 amide bonds. The summed E-state index contributed by atoms with van der Waals surface area (Å²) in [5, 5.41) is 0. The molecule has 0 atom stereocenters. The number of imidazole rings is 1. The molecule has 0 unspecified atom stereocenters. The maximum absolute atomic E-state index is 8.74. The van der Waals surface area contributed by atoms with Crippen LogP contribution in [-0.2, 0) is 27.9 Å². The maximum Gasteiger partial charge on any atom is 0.394 e. The summed E-state index contributed by atoms with van der Waals surface area (Å²) in [6, 6.07) is 0. The lowest BCUT2D eigenvalue weighted by Crippen LogP contribution is -1.93. The Balaban J connectivity index is 0. The van der Waals surface area contributed by atoms with E-state index >= 15 is 0 Å². The van der Waals surface area contributed by atoms with Gasteiger partial charge in [-0.15, -0.1) is 0 Å². The van der Waals surface area contributed by atoms with Crippen LogP contribution in [0.2, 0.25) is 0 Å². The van der Waals surface area contributed by atoms with Crippen molar-refractivity contribution in [3.63, 3.8) is 0 Å². The van der Waals surface area contributed by atoms with Gasteiger partial charge in [0.2, 0.25) is 0 Å². The molecule has 1 aliphatic rings. The normalized spacial score (nSPS) is 12.6. The van der Waals surface area contributed by atoms with Crippen LogP contribution >= 0.6 is 0 Å². The zero-order valence-electron chi connectivity index (χ0n) is 21.8. The van der Waals surface area contributed by atoms with Gasteiger partial charge in [0, 0.05) is 18.9 Å². The molecule has 0 aliphatic heterocycles. The molecule has 1 aliphatic carbocycles. The van der Waals surface area contributed by atoms with Gasteiger partial charge in [-0.3, -0.25) is 13.7 Å². The molecular weight excluding hydrogens is 492 g/mol. The van der Waals surface area contributed by atoms with Gasteiger partial charge in [0.15, 0.2) is 0 Å². The lowest BCUT2D eigenvalue weighted by atomic mass is 10.0. The van der Waals surface area contributed by atoms with Crippen molar-refractivity contribution in [1.82, 2.24) is 9.55 Å². The van der Waals surface area contributed by atoms with Crippen LogP contribution in [0.1, 0.15) is 123 Å². The van der Waals surface area contributed by atoms with Crippen LogP contribution in [0.4, 0.5) is 0 Å². The summed E-state index contributed by atoms with van der Waals surface area (Å²) in [5.41, 5.74) is 0. The second-order valence-electron chi connectivity index (χ2n) is 8.93. The minimum atomic E-state index is -4.67. The van der Waals surface area contributed by atoms with Gasteiger partial charge in [0.25, 0.3) is 11.0 Å². The molecule has 11 heteroatoms. The first-order valence-electron chi connectivity index (χ1n) is 13.1. The van der Waals surface area contributed by atoms with E-state index in [9.17, 15) is 0 Å². The first-order valence-corrected chi connectivity index (χ1v) is 15.6. The molecule has 1 fully saturated rings. The SMILES string of the molecule is CCC1CC1.CCCCCCCCCCCCCCCCn1ccnc1.O=S(=O)(O)O.O=[SH](=O)O. The third-order valence-corrected chi connectivity index (χ3v) is 5.60. The van der Waals surface area contributed by atoms with Crippen molar-refractivity contribution in [3.05, 3.63) is 18.7 Å². The van der Waals surface area contributed by atoms with Crippen LogP contribution in [0.5, 0.6) is 0 Å². The van der Waals surface area contributed by atoms with E-state index in [0.717, 1.165) is 12.5 Å². The average molecular weight is 543 g/mol. The van der Waals surface area contributed by atoms with Crippen LogP contribution in [0, 0.1) is 5.92 Å². The Morgan fingerprint density at radius 3 is 1.46 bits per heavy atom. The Morgan fingerprint density at radius 1 is 0.829 bits per heavy atom. The van der Waals surface area contributed by atoms with Crippen LogP contribution in [0.15, 0.2) is 18.7 Å². The summed E-state index contributed by atoms with van der Waals surface area (Å²) in [6.45, 7) is 5.69. The Morgan fingerprint density at radius 2 is 1.20 bits per heavy atom. The van der Waals surface area contributed by atoms with Crippen molar-refractivity contribution in [1.29, 1.82) is 0 Å². The van der Waals surface area contributed by atoms with Gasteiger partial charge in [0.05, 0.1) is 6.33 Å². The Bertz CT molecular complexity index is 704. The van der Waals surface area contributed by atoms with Gasteiger partial charge >= 0.3 is 10.4 Å². The summed E-state index contributed by atoms with van der Waals surface area (Å²) in [7, 11) is -7.79. The third-order valence-electron chi connectivity index (χ3n) is 5.60. The van der Waals surface area contributed by atoms with Crippen LogP contribution < -0.4 is 0 Å². The lowest BCUT2D eigenvalue weighted by molar-refractivity contribution is 0.381. The summed E-state index contributed by atoms with van der Waals surface area (Å²) >= 11 is 0. The molecule has 35 heavy (non-hydrogen) atoms. The van der Waals surface area contributed by atoms with E-state index < -0.39 is 21.4 Å². The van der Waals surface area contributed by atoms with E-state index in [1.54, 1.807) is 0 Å². The van der Waals surface area contributed by atoms with E-state index in [0.29, 0.717) is 0 Å². The highest BCUT2D eigenvalue weighted by Gasteiger charge is 2.17. The van der Waals surface area contributed by atoms with Gasteiger partial charge in [-0.1, -0.05) is 117 Å². The molecule has 1 saturated carbocycles. The molecule has 0 aromatic carbocycles. The van der Waals surface area contributed by atoms with Crippen molar-refractivity contribution < 1.29 is 30.5 Å². The fourth-order valence-corrected chi connectivity index (χ4v) is 3.43. The molecule has 0 radical (unpaired) electrons. The number of aromatic nitrogens is 2. The summed E-state index contributed by atoms with van der Waals surface area (Å²) < 4.78 is 58.0. The van der Waals surface area contributed by atoms with E-state index in [4.69, 9.17) is 30.5 Å². The van der Waals surface area contributed by atoms with Crippen molar-refractivity contribution in [2.75, 3.05) is 0 Å². The molecule has 0 bridgehead atoms. The maximum atomic E-state index is 8.74. The molecule has 1 aromatic heterocycles. The molecule has 1 aromatic rings. The fourth-order valence-electron chi connectivity index (χ4n) is 3.43. The van der Waals surface area contributed by atoms with E-state index in [1.807, 2.05) is 12.5 Å². The van der Waals surface area contributed by atoms with Crippen molar-refractivity contribution in [2.24, 2.45) is 5.92 Å². The average Bonchev–Trinajstić information content (AvgIpc) is 3.47. The van der Waals surface area contributed by atoms with Crippen LogP contribution in [0.25, 0.3) is 0 Å². The van der Waals surface area contributed by atoms with E-state index in [1.165, 1.54) is 109 Å². The summed E-state index contributed by atoms with van der Waals surface area (Å²) in [5.74, 6) is 1.13. The molecular formula is C24H50N2O7S2. The smallest absolute Gasteiger partial charge is 0.337 e. The van der Waals surface area contributed by atoms with Gasteiger partial charge in [-0.2, -0.15) is 8.42 Å². The van der Waals surface area contributed by atoms with Crippen molar-refractivity contribution in [3.8, 4) is 0 Å². The lowest BCUT2D eigenvalue weighted by Gasteiger charge is -2.04. The second kappa shape index (κ2) is 26.1. The fraction of sp³-hybridized carbons (Fsp3) is 0.875. The van der Waals surface area contributed by atoms with Gasteiger partial charge in [0.1, 0.15) is 0 Å². The largest absolute Gasteiger partial charge is 0.394 e. The molecule has 9 nitrogen and oxygen atoms in total. The Kier molecular flexibility index (Phi) is 26.9. The zero-order chi connectivity index (χ0) is 26.8. The van der Waals surface area contributed by atoms with Gasteiger partial charge in [-0.25, -0.2) is 13.4 Å². The van der Waals surface area contributed by atoms with Crippen LogP contribution in [0.3, 0.4) is 0 Å². The number of rotatable bonds is 16. The number of aryl methyl sites for hydroxylation is 1. The highest BCUT2D eigenvalue weighted by atomic mass is 32.3. The van der Waals surface area contributed by atoms with Gasteiger partial charge in [-0.05, 0) is 12.3 Å². The second-order valence-corrected chi connectivity index (χ2v) is 10.3. The zero-order valence-corrected chi connectivity index (χ0v) is 23.5. The molecule has 2 rings (SSSR count). The molecule has 3 N–H and O–H groups in total. The molecule has 0 spiro atoms. The molecule has 210 valence electrons. The minimum Gasteiger partial charge on any atom is -0.337 e. The summed E-state index contributed by atoms with van der Waals surface area (Å²) in [4.78, 5) is 4.07. The minimum absolute atomic E-state index is 1.13. The van der Waals surface area contributed by atoms with E-state index in [2.05, 4.69) is 29.6 Å². The quantitative estimate of drug-likeness (QED) is 0.104. The molecule has 0 saturated heterocycles.